The number of nitrogens with zero attached hydrogens (tertiary/aromatic N) is 5. The van der Waals surface area contributed by atoms with E-state index in [2.05, 4.69) is 25.4 Å². The van der Waals surface area contributed by atoms with E-state index in [0.717, 1.165) is 0 Å². The zero-order valence-electron chi connectivity index (χ0n) is 12.8. The molecule has 0 radical (unpaired) electrons. The van der Waals surface area contributed by atoms with Crippen molar-refractivity contribution in [3.05, 3.63) is 42.1 Å². The van der Waals surface area contributed by atoms with E-state index in [9.17, 15) is 4.79 Å². The molecular weight excluding hydrogens is 300 g/mol. The third-order valence-corrected chi connectivity index (χ3v) is 3.20. The Morgan fingerprint density at radius 1 is 1.48 bits per heavy atom. The predicted octanol–water partition coefficient (Wildman–Crippen LogP) is 0.792. The van der Waals surface area contributed by atoms with Gasteiger partial charge < -0.3 is 14.6 Å². The second-order valence-corrected chi connectivity index (χ2v) is 4.94. The maximum absolute atomic E-state index is 12.3. The van der Waals surface area contributed by atoms with Crippen LogP contribution < -0.4 is 5.32 Å². The number of aromatic nitrogens is 5. The summed E-state index contributed by atoms with van der Waals surface area (Å²) in [6.45, 7) is 2.27. The topological polar surface area (TPSA) is 107 Å². The number of methoxy groups -OCH3 is 1. The van der Waals surface area contributed by atoms with E-state index in [-0.39, 0.29) is 11.6 Å². The van der Waals surface area contributed by atoms with Crippen LogP contribution in [0.3, 0.4) is 0 Å². The maximum atomic E-state index is 12.3. The van der Waals surface area contributed by atoms with Crippen molar-refractivity contribution >= 4 is 11.7 Å². The molecule has 0 spiro atoms. The molecule has 0 fully saturated rings. The van der Waals surface area contributed by atoms with Gasteiger partial charge in [-0.25, -0.2) is 9.97 Å². The minimum Gasteiger partial charge on any atom is -0.384 e. The fraction of sp³-hybridized carbons (Fsp3) is 0.357. The Bertz CT molecular complexity index is 779. The average Bonchev–Trinajstić information content (AvgIpc) is 3.19. The third kappa shape index (κ3) is 3.34. The standard InChI is InChI=1S/C14H16N6O3/c1-9(13-18-11(19-23-13)4-7-22-2)16-12(21)10-8-20-6-3-5-15-14(20)17-10/h3,5-6,8-9H,4,7H2,1-2H3,(H,16,21)/t9-/m1/s1. The van der Waals surface area contributed by atoms with Crippen molar-refractivity contribution in [2.75, 3.05) is 13.7 Å². The Kier molecular flexibility index (Phi) is 4.29. The van der Waals surface area contributed by atoms with E-state index in [0.29, 0.717) is 30.5 Å². The van der Waals surface area contributed by atoms with Gasteiger partial charge >= 0.3 is 0 Å². The molecule has 0 bridgehead atoms. The lowest BCUT2D eigenvalue weighted by atomic mass is 10.3. The average molecular weight is 316 g/mol. The van der Waals surface area contributed by atoms with Crippen LogP contribution in [0.5, 0.6) is 0 Å². The Labute approximate surface area is 131 Å². The molecule has 0 unspecified atom stereocenters. The highest BCUT2D eigenvalue weighted by molar-refractivity contribution is 5.92. The van der Waals surface area contributed by atoms with Gasteiger partial charge in [-0.15, -0.1) is 0 Å². The fourth-order valence-electron chi connectivity index (χ4n) is 2.01. The summed E-state index contributed by atoms with van der Waals surface area (Å²) in [6, 6.07) is 1.34. The summed E-state index contributed by atoms with van der Waals surface area (Å²) in [5.74, 6) is 1.01. The van der Waals surface area contributed by atoms with Crippen LogP contribution in [0.2, 0.25) is 0 Å². The second kappa shape index (κ2) is 6.53. The number of ether oxygens (including phenoxy) is 1. The first-order valence-corrected chi connectivity index (χ1v) is 7.09. The summed E-state index contributed by atoms with van der Waals surface area (Å²) < 4.78 is 11.8. The van der Waals surface area contributed by atoms with Gasteiger partial charge in [0.2, 0.25) is 11.7 Å². The Morgan fingerprint density at radius 2 is 2.35 bits per heavy atom. The van der Waals surface area contributed by atoms with Crippen molar-refractivity contribution in [1.82, 2.24) is 29.8 Å². The van der Waals surface area contributed by atoms with Gasteiger partial charge in [-0.1, -0.05) is 5.16 Å². The molecule has 3 heterocycles. The highest BCUT2D eigenvalue weighted by atomic mass is 16.5. The number of fused-ring (bicyclic) bond motifs is 1. The van der Waals surface area contributed by atoms with Crippen molar-refractivity contribution < 1.29 is 14.1 Å². The molecule has 0 aliphatic rings. The van der Waals surface area contributed by atoms with Gasteiger partial charge in [0.1, 0.15) is 11.7 Å². The molecule has 1 amide bonds. The van der Waals surface area contributed by atoms with Crippen LogP contribution in [0.25, 0.3) is 5.78 Å². The predicted molar refractivity (Wildman–Crippen MR) is 78.7 cm³/mol. The van der Waals surface area contributed by atoms with Crippen molar-refractivity contribution in [2.45, 2.75) is 19.4 Å². The van der Waals surface area contributed by atoms with Crippen molar-refractivity contribution in [2.24, 2.45) is 0 Å². The molecule has 0 aliphatic heterocycles. The van der Waals surface area contributed by atoms with E-state index in [1.165, 1.54) is 0 Å². The molecule has 23 heavy (non-hydrogen) atoms. The third-order valence-electron chi connectivity index (χ3n) is 3.20. The summed E-state index contributed by atoms with van der Waals surface area (Å²) in [6.07, 6.45) is 5.56. The first-order valence-electron chi connectivity index (χ1n) is 7.09. The van der Waals surface area contributed by atoms with Crippen LogP contribution in [0, 0.1) is 0 Å². The van der Waals surface area contributed by atoms with E-state index < -0.39 is 6.04 Å². The lowest BCUT2D eigenvalue weighted by molar-refractivity contribution is 0.0928. The monoisotopic (exact) mass is 316 g/mol. The Balaban J connectivity index is 1.67. The molecule has 3 aromatic heterocycles. The lowest BCUT2D eigenvalue weighted by Crippen LogP contribution is -2.27. The van der Waals surface area contributed by atoms with Crippen LogP contribution in [-0.2, 0) is 11.2 Å². The maximum Gasteiger partial charge on any atom is 0.272 e. The smallest absolute Gasteiger partial charge is 0.272 e. The zero-order chi connectivity index (χ0) is 16.2. The highest BCUT2D eigenvalue weighted by Crippen LogP contribution is 2.11. The van der Waals surface area contributed by atoms with E-state index >= 15 is 0 Å². The molecule has 0 aromatic carbocycles. The van der Waals surface area contributed by atoms with Gasteiger partial charge in [0, 0.05) is 32.1 Å². The van der Waals surface area contributed by atoms with Gasteiger partial charge in [0.25, 0.3) is 5.91 Å². The van der Waals surface area contributed by atoms with Crippen molar-refractivity contribution in [3.8, 4) is 0 Å². The number of amides is 1. The zero-order valence-corrected chi connectivity index (χ0v) is 12.8. The van der Waals surface area contributed by atoms with Crippen LogP contribution in [-0.4, -0.2) is 44.1 Å². The highest BCUT2D eigenvalue weighted by Gasteiger charge is 2.19. The number of rotatable bonds is 6. The molecule has 3 rings (SSSR count). The van der Waals surface area contributed by atoms with Gasteiger partial charge in [-0.3, -0.25) is 9.20 Å². The molecule has 0 aliphatic carbocycles. The molecule has 120 valence electrons. The minimum atomic E-state index is -0.427. The lowest BCUT2D eigenvalue weighted by Gasteiger charge is -2.07. The van der Waals surface area contributed by atoms with E-state index in [1.807, 2.05) is 0 Å². The molecule has 9 nitrogen and oxygen atoms in total. The van der Waals surface area contributed by atoms with Gasteiger partial charge in [-0.2, -0.15) is 4.98 Å². The fourth-order valence-corrected chi connectivity index (χ4v) is 2.01. The number of carbonyl (C=O) groups is 1. The van der Waals surface area contributed by atoms with Crippen LogP contribution in [0.1, 0.15) is 35.2 Å². The molecule has 1 N–H and O–H groups in total. The van der Waals surface area contributed by atoms with Gasteiger partial charge in [0.05, 0.1) is 6.61 Å². The second-order valence-electron chi connectivity index (χ2n) is 4.94. The number of hydrogen-bond donors (Lipinski definition) is 1. The molecule has 0 saturated heterocycles. The molecule has 1 atom stereocenters. The van der Waals surface area contributed by atoms with Crippen LogP contribution in [0.4, 0.5) is 0 Å². The van der Waals surface area contributed by atoms with Gasteiger partial charge in [-0.05, 0) is 13.0 Å². The molecule has 9 heteroatoms. The van der Waals surface area contributed by atoms with Crippen molar-refractivity contribution in [3.63, 3.8) is 0 Å². The number of nitrogens with one attached hydrogen (secondary N) is 1. The number of carbonyl (C=O) groups excluding carboxylic acids is 1. The summed E-state index contributed by atoms with van der Waals surface area (Å²) >= 11 is 0. The van der Waals surface area contributed by atoms with E-state index in [1.54, 1.807) is 43.1 Å². The summed E-state index contributed by atoms with van der Waals surface area (Å²) in [4.78, 5) is 24.7. The minimum absolute atomic E-state index is 0.273. The SMILES string of the molecule is COCCc1noc([C@@H](C)NC(=O)c2cn3cccnc3n2)n1. The number of imidazole rings is 1. The molecule has 0 saturated carbocycles. The Morgan fingerprint density at radius 3 is 3.13 bits per heavy atom. The van der Waals surface area contributed by atoms with Crippen LogP contribution in [0.15, 0.2) is 29.2 Å². The van der Waals surface area contributed by atoms with Gasteiger partial charge in [0.15, 0.2) is 5.82 Å². The molecule has 3 aromatic rings. The summed E-state index contributed by atoms with van der Waals surface area (Å²) in [5.41, 5.74) is 0.273. The van der Waals surface area contributed by atoms with Crippen LogP contribution >= 0.6 is 0 Å². The first kappa shape index (κ1) is 15.1. The summed E-state index contributed by atoms with van der Waals surface area (Å²) in [5, 5.41) is 6.62. The quantitative estimate of drug-likeness (QED) is 0.716. The van der Waals surface area contributed by atoms with E-state index in [4.69, 9.17) is 9.26 Å². The number of hydrogen-bond acceptors (Lipinski definition) is 7. The normalized spacial score (nSPS) is 12.4. The first-order chi connectivity index (χ1) is 11.2. The molecular formula is C14H16N6O3. The Hall–Kier alpha value is -2.81. The van der Waals surface area contributed by atoms with Crippen molar-refractivity contribution in [1.29, 1.82) is 0 Å². The summed E-state index contributed by atoms with van der Waals surface area (Å²) in [7, 11) is 1.60. The largest absolute Gasteiger partial charge is 0.384 e.